The third-order valence-corrected chi connectivity index (χ3v) is 4.35. The van der Waals surface area contributed by atoms with Crippen LogP contribution in [0.4, 0.5) is 5.69 Å². The fraction of sp³-hybridized carbons (Fsp3) is 0.588. The fourth-order valence-corrected chi connectivity index (χ4v) is 2.84. The molecule has 1 saturated heterocycles. The molecule has 0 aromatic heterocycles. The maximum absolute atomic E-state index is 11.7. The lowest BCUT2D eigenvalue weighted by atomic mass is 10.0. The minimum Gasteiger partial charge on any atom is -0.382 e. The van der Waals surface area contributed by atoms with Crippen LogP contribution in [0, 0.1) is 6.92 Å². The van der Waals surface area contributed by atoms with Crippen molar-refractivity contribution < 1.29 is 4.79 Å². The van der Waals surface area contributed by atoms with Gasteiger partial charge in [0.1, 0.15) is 0 Å². The summed E-state index contributed by atoms with van der Waals surface area (Å²) in [5.41, 5.74) is 2.98. The summed E-state index contributed by atoms with van der Waals surface area (Å²) in [6, 6.07) is 6.97. The molecule has 0 aliphatic carbocycles. The summed E-state index contributed by atoms with van der Waals surface area (Å²) in [6.07, 6.45) is 2.31. The summed E-state index contributed by atoms with van der Waals surface area (Å²) in [5, 5.41) is 6.30. The molecule has 1 fully saturated rings. The van der Waals surface area contributed by atoms with Gasteiger partial charge >= 0.3 is 0 Å². The van der Waals surface area contributed by atoms with Gasteiger partial charge in [-0.2, -0.15) is 0 Å². The molecule has 0 radical (unpaired) electrons. The van der Waals surface area contributed by atoms with E-state index >= 15 is 0 Å². The van der Waals surface area contributed by atoms with E-state index < -0.39 is 0 Å². The number of hydrogen-bond acceptors (Lipinski definition) is 3. The molecule has 4 heteroatoms. The number of nitrogens with zero attached hydrogens (tertiary/aromatic N) is 1. The third kappa shape index (κ3) is 3.97. The number of carbonyl (C=O) groups is 1. The Balaban J connectivity index is 2.01. The van der Waals surface area contributed by atoms with Crippen LogP contribution in [-0.2, 0) is 0 Å². The quantitative estimate of drug-likeness (QED) is 0.895. The molecule has 0 unspecified atom stereocenters. The van der Waals surface area contributed by atoms with E-state index in [1.165, 1.54) is 5.56 Å². The Bertz CT molecular complexity index is 491. The first-order valence-corrected chi connectivity index (χ1v) is 7.84. The number of anilines is 1. The minimum atomic E-state index is -0.0346. The van der Waals surface area contributed by atoms with Crippen molar-refractivity contribution in [3.8, 4) is 0 Å². The van der Waals surface area contributed by atoms with E-state index in [4.69, 9.17) is 0 Å². The molecule has 2 N–H and O–H groups in total. The molecule has 1 heterocycles. The van der Waals surface area contributed by atoms with E-state index in [0.717, 1.165) is 31.6 Å². The van der Waals surface area contributed by atoms with Gasteiger partial charge in [0.05, 0.1) is 0 Å². The van der Waals surface area contributed by atoms with Gasteiger partial charge in [0.2, 0.25) is 0 Å². The maximum atomic E-state index is 11.7. The standard InChI is InChI=1S/C17H27N3O/c1-12(2)20-9-7-15(8-10-20)19-16-11-14(17(21)18-4)6-5-13(16)3/h5-6,11-12,15,19H,7-10H2,1-4H3,(H,18,21). The summed E-state index contributed by atoms with van der Waals surface area (Å²) in [6.45, 7) is 8.88. The van der Waals surface area contributed by atoms with E-state index in [0.29, 0.717) is 17.6 Å². The van der Waals surface area contributed by atoms with Gasteiger partial charge in [-0.1, -0.05) is 6.07 Å². The zero-order valence-corrected chi connectivity index (χ0v) is 13.6. The first kappa shape index (κ1) is 15.8. The molecule has 1 aliphatic rings. The highest BCUT2D eigenvalue weighted by Gasteiger charge is 2.21. The van der Waals surface area contributed by atoms with Gasteiger partial charge in [0.15, 0.2) is 0 Å². The van der Waals surface area contributed by atoms with Gasteiger partial charge in [0, 0.05) is 43.5 Å². The van der Waals surface area contributed by atoms with Crippen LogP contribution in [-0.4, -0.2) is 43.0 Å². The monoisotopic (exact) mass is 289 g/mol. The predicted octanol–water partition coefficient (Wildman–Crippen LogP) is 2.64. The molecule has 0 bridgehead atoms. The number of aryl methyl sites for hydroxylation is 1. The molecular weight excluding hydrogens is 262 g/mol. The second-order valence-corrected chi connectivity index (χ2v) is 6.16. The highest BCUT2D eigenvalue weighted by molar-refractivity contribution is 5.95. The Morgan fingerprint density at radius 1 is 1.29 bits per heavy atom. The van der Waals surface area contributed by atoms with Crippen molar-refractivity contribution in [3.05, 3.63) is 29.3 Å². The average Bonchev–Trinajstić information content (AvgIpc) is 2.49. The fourth-order valence-electron chi connectivity index (χ4n) is 2.84. The van der Waals surface area contributed by atoms with Gasteiger partial charge in [-0.15, -0.1) is 0 Å². The molecule has 21 heavy (non-hydrogen) atoms. The zero-order chi connectivity index (χ0) is 15.4. The van der Waals surface area contributed by atoms with Crippen molar-refractivity contribution in [1.29, 1.82) is 0 Å². The number of amides is 1. The minimum absolute atomic E-state index is 0.0346. The van der Waals surface area contributed by atoms with Crippen LogP contribution in [0.2, 0.25) is 0 Å². The first-order chi connectivity index (χ1) is 10.0. The number of carbonyl (C=O) groups excluding carboxylic acids is 1. The van der Waals surface area contributed by atoms with Crippen LogP contribution in [0.3, 0.4) is 0 Å². The van der Waals surface area contributed by atoms with E-state index in [-0.39, 0.29) is 5.91 Å². The van der Waals surface area contributed by atoms with Gasteiger partial charge in [0.25, 0.3) is 5.91 Å². The van der Waals surface area contributed by atoms with Crippen molar-refractivity contribution in [2.45, 2.75) is 45.7 Å². The lowest BCUT2D eigenvalue weighted by Gasteiger charge is -2.35. The van der Waals surface area contributed by atoms with Crippen molar-refractivity contribution >= 4 is 11.6 Å². The van der Waals surface area contributed by atoms with Crippen molar-refractivity contribution in [3.63, 3.8) is 0 Å². The lowest BCUT2D eigenvalue weighted by molar-refractivity contribution is 0.0963. The summed E-state index contributed by atoms with van der Waals surface area (Å²) < 4.78 is 0. The number of likely N-dealkylation sites (tertiary alicyclic amines) is 1. The Hall–Kier alpha value is -1.55. The van der Waals surface area contributed by atoms with Crippen LogP contribution >= 0.6 is 0 Å². The second-order valence-electron chi connectivity index (χ2n) is 6.16. The van der Waals surface area contributed by atoms with Crippen LogP contribution < -0.4 is 10.6 Å². The van der Waals surface area contributed by atoms with Gasteiger partial charge in [-0.3, -0.25) is 4.79 Å². The van der Waals surface area contributed by atoms with Crippen molar-refractivity contribution in [2.24, 2.45) is 0 Å². The largest absolute Gasteiger partial charge is 0.382 e. The van der Waals surface area contributed by atoms with Crippen LogP contribution in [0.15, 0.2) is 18.2 Å². The Labute approximate surface area is 127 Å². The topological polar surface area (TPSA) is 44.4 Å². The third-order valence-electron chi connectivity index (χ3n) is 4.35. The Morgan fingerprint density at radius 2 is 1.95 bits per heavy atom. The SMILES string of the molecule is CNC(=O)c1ccc(C)c(NC2CCN(C(C)C)CC2)c1. The smallest absolute Gasteiger partial charge is 0.251 e. The van der Waals surface area contributed by atoms with Gasteiger partial charge in [-0.05, 0) is 51.3 Å². The number of piperidine rings is 1. The summed E-state index contributed by atoms with van der Waals surface area (Å²) in [4.78, 5) is 14.3. The van der Waals surface area contributed by atoms with Crippen molar-refractivity contribution in [1.82, 2.24) is 10.2 Å². The molecule has 116 valence electrons. The number of hydrogen-bond donors (Lipinski definition) is 2. The lowest BCUT2D eigenvalue weighted by Crippen LogP contribution is -2.42. The molecule has 2 rings (SSSR count). The van der Waals surface area contributed by atoms with Crippen LogP contribution in [0.1, 0.15) is 42.6 Å². The molecule has 1 aromatic carbocycles. The number of rotatable bonds is 4. The summed E-state index contributed by atoms with van der Waals surface area (Å²) in [7, 11) is 1.66. The van der Waals surface area contributed by atoms with Crippen molar-refractivity contribution in [2.75, 3.05) is 25.5 Å². The molecule has 0 saturated carbocycles. The van der Waals surface area contributed by atoms with Gasteiger partial charge in [-0.25, -0.2) is 0 Å². The van der Waals surface area contributed by atoms with E-state index in [9.17, 15) is 4.79 Å². The van der Waals surface area contributed by atoms with E-state index in [1.807, 2.05) is 18.2 Å². The second kappa shape index (κ2) is 6.94. The van der Waals surface area contributed by atoms with E-state index in [1.54, 1.807) is 7.05 Å². The number of nitrogens with one attached hydrogen (secondary N) is 2. The molecule has 1 aliphatic heterocycles. The molecular formula is C17H27N3O. The van der Waals surface area contributed by atoms with Gasteiger partial charge < -0.3 is 15.5 Å². The molecule has 4 nitrogen and oxygen atoms in total. The molecule has 1 aromatic rings. The summed E-state index contributed by atoms with van der Waals surface area (Å²) >= 11 is 0. The maximum Gasteiger partial charge on any atom is 0.251 e. The first-order valence-electron chi connectivity index (χ1n) is 7.84. The van der Waals surface area contributed by atoms with Crippen LogP contribution in [0.25, 0.3) is 0 Å². The molecule has 0 spiro atoms. The number of benzene rings is 1. The zero-order valence-electron chi connectivity index (χ0n) is 13.6. The molecule has 1 amide bonds. The summed E-state index contributed by atoms with van der Waals surface area (Å²) in [5.74, 6) is -0.0346. The van der Waals surface area contributed by atoms with Crippen LogP contribution in [0.5, 0.6) is 0 Å². The predicted molar refractivity (Wildman–Crippen MR) is 87.9 cm³/mol. The van der Waals surface area contributed by atoms with E-state index in [2.05, 4.69) is 36.3 Å². The molecule has 0 atom stereocenters. The Morgan fingerprint density at radius 3 is 2.52 bits per heavy atom. The normalized spacial score (nSPS) is 17.0. The average molecular weight is 289 g/mol. The highest BCUT2D eigenvalue weighted by Crippen LogP contribution is 2.22. The highest BCUT2D eigenvalue weighted by atomic mass is 16.1. The Kier molecular flexibility index (Phi) is 5.23.